The molecule has 0 heterocycles. The maximum absolute atomic E-state index is 11.6. The highest BCUT2D eigenvalue weighted by molar-refractivity contribution is 5.84. The Kier molecular flexibility index (Phi) is 6.09. The second-order valence-electron chi connectivity index (χ2n) is 5.79. The van der Waals surface area contributed by atoms with Crippen LogP contribution in [-0.4, -0.2) is 42.5 Å². The maximum atomic E-state index is 11.6. The predicted octanol–water partition coefficient (Wildman–Crippen LogP) is 1.49. The van der Waals surface area contributed by atoms with Crippen molar-refractivity contribution in [3.63, 3.8) is 0 Å². The van der Waals surface area contributed by atoms with Crippen LogP contribution in [0.1, 0.15) is 52.4 Å². The van der Waals surface area contributed by atoms with E-state index in [-0.39, 0.29) is 5.91 Å². The smallest absolute Gasteiger partial charge is 0.238 e. The molecule has 1 aliphatic carbocycles. The second kappa shape index (κ2) is 7.10. The van der Waals surface area contributed by atoms with Gasteiger partial charge in [0.1, 0.15) is 5.54 Å². The zero-order chi connectivity index (χ0) is 13.6. The molecule has 1 rings (SSSR count). The summed E-state index contributed by atoms with van der Waals surface area (Å²) in [4.78, 5) is 13.9. The van der Waals surface area contributed by atoms with Gasteiger partial charge in [0, 0.05) is 12.6 Å². The van der Waals surface area contributed by atoms with Crippen molar-refractivity contribution in [1.29, 1.82) is 0 Å². The quantitative estimate of drug-likeness (QED) is 0.707. The summed E-state index contributed by atoms with van der Waals surface area (Å²) in [6.07, 6.45) is 7.82. The van der Waals surface area contributed by atoms with E-state index >= 15 is 0 Å². The fraction of sp³-hybridized carbons (Fsp3) is 0.929. The standard InChI is InChI=1S/C14H29N3O/c1-4-16-14(2,13(15)18)11-17(3)12-9-7-5-6-8-10-12/h12,16H,4-11H2,1-3H3,(H2,15,18). The first-order valence-electron chi connectivity index (χ1n) is 7.25. The molecule has 1 saturated carbocycles. The van der Waals surface area contributed by atoms with Gasteiger partial charge in [0.25, 0.3) is 0 Å². The summed E-state index contributed by atoms with van der Waals surface area (Å²) < 4.78 is 0. The number of primary amides is 1. The van der Waals surface area contributed by atoms with Crippen molar-refractivity contribution in [2.45, 2.75) is 64.0 Å². The van der Waals surface area contributed by atoms with Crippen LogP contribution in [0.5, 0.6) is 0 Å². The minimum absolute atomic E-state index is 0.259. The molecular formula is C14H29N3O. The summed E-state index contributed by atoms with van der Waals surface area (Å²) in [6.45, 7) is 5.37. The summed E-state index contributed by atoms with van der Waals surface area (Å²) in [5.74, 6) is -0.259. The molecule has 0 saturated heterocycles. The van der Waals surface area contributed by atoms with Crippen molar-refractivity contribution in [3.8, 4) is 0 Å². The van der Waals surface area contributed by atoms with Crippen LogP contribution in [0.2, 0.25) is 0 Å². The van der Waals surface area contributed by atoms with E-state index in [0.29, 0.717) is 12.6 Å². The fourth-order valence-electron chi connectivity index (χ4n) is 2.94. The molecule has 0 aromatic carbocycles. The van der Waals surface area contributed by atoms with Crippen molar-refractivity contribution >= 4 is 5.91 Å². The molecule has 106 valence electrons. The minimum atomic E-state index is -0.615. The molecule has 1 aliphatic rings. The molecule has 0 spiro atoms. The lowest BCUT2D eigenvalue weighted by Gasteiger charge is -2.36. The topological polar surface area (TPSA) is 58.4 Å². The van der Waals surface area contributed by atoms with Gasteiger partial charge in [-0.3, -0.25) is 4.79 Å². The number of carbonyl (C=O) groups excluding carboxylic acids is 1. The Labute approximate surface area is 111 Å². The summed E-state index contributed by atoms with van der Waals surface area (Å²) in [6, 6.07) is 0.602. The third-order valence-corrected chi connectivity index (χ3v) is 4.12. The summed E-state index contributed by atoms with van der Waals surface area (Å²) in [7, 11) is 2.12. The lowest BCUT2D eigenvalue weighted by atomic mass is 9.98. The van der Waals surface area contributed by atoms with Crippen molar-refractivity contribution in [2.75, 3.05) is 20.1 Å². The largest absolute Gasteiger partial charge is 0.368 e. The van der Waals surface area contributed by atoms with Gasteiger partial charge in [-0.1, -0.05) is 32.6 Å². The maximum Gasteiger partial charge on any atom is 0.238 e. The number of nitrogens with zero attached hydrogens (tertiary/aromatic N) is 1. The average Bonchev–Trinajstić information content (AvgIpc) is 2.57. The van der Waals surface area contributed by atoms with Crippen molar-refractivity contribution in [1.82, 2.24) is 10.2 Å². The Morgan fingerprint density at radius 1 is 1.33 bits per heavy atom. The predicted molar refractivity (Wildman–Crippen MR) is 75.4 cm³/mol. The van der Waals surface area contributed by atoms with E-state index in [1.807, 2.05) is 13.8 Å². The average molecular weight is 255 g/mol. The number of hydrogen-bond donors (Lipinski definition) is 2. The van der Waals surface area contributed by atoms with E-state index in [0.717, 1.165) is 6.54 Å². The Morgan fingerprint density at radius 2 is 1.89 bits per heavy atom. The number of nitrogens with two attached hydrogens (primary N) is 1. The third-order valence-electron chi connectivity index (χ3n) is 4.12. The Hall–Kier alpha value is -0.610. The van der Waals surface area contributed by atoms with Gasteiger partial charge in [0.15, 0.2) is 0 Å². The van der Waals surface area contributed by atoms with Crippen LogP contribution in [0.4, 0.5) is 0 Å². The molecule has 4 nitrogen and oxygen atoms in total. The van der Waals surface area contributed by atoms with Gasteiger partial charge in [-0.25, -0.2) is 0 Å². The fourth-order valence-corrected chi connectivity index (χ4v) is 2.94. The lowest BCUT2D eigenvalue weighted by Crippen LogP contribution is -2.60. The number of likely N-dealkylation sites (N-methyl/N-ethyl adjacent to an activating group) is 2. The molecule has 0 aromatic heterocycles. The van der Waals surface area contributed by atoms with E-state index in [1.165, 1.54) is 38.5 Å². The molecule has 18 heavy (non-hydrogen) atoms. The van der Waals surface area contributed by atoms with Gasteiger partial charge in [-0.15, -0.1) is 0 Å². The molecule has 0 radical (unpaired) electrons. The molecule has 4 heteroatoms. The van der Waals surface area contributed by atoms with Crippen LogP contribution in [0.25, 0.3) is 0 Å². The number of rotatable bonds is 6. The molecule has 0 aliphatic heterocycles. The van der Waals surface area contributed by atoms with Crippen LogP contribution in [0, 0.1) is 0 Å². The first-order valence-corrected chi connectivity index (χ1v) is 7.25. The molecule has 0 bridgehead atoms. The van der Waals surface area contributed by atoms with E-state index < -0.39 is 5.54 Å². The van der Waals surface area contributed by atoms with Crippen LogP contribution in [0.3, 0.4) is 0 Å². The Balaban J connectivity index is 2.59. The molecule has 1 amide bonds. The van der Waals surface area contributed by atoms with Crippen LogP contribution in [0.15, 0.2) is 0 Å². The van der Waals surface area contributed by atoms with Crippen LogP contribution >= 0.6 is 0 Å². The van der Waals surface area contributed by atoms with Crippen molar-refractivity contribution < 1.29 is 4.79 Å². The Morgan fingerprint density at radius 3 is 2.33 bits per heavy atom. The monoisotopic (exact) mass is 255 g/mol. The van der Waals surface area contributed by atoms with Gasteiger partial charge in [0.2, 0.25) is 5.91 Å². The zero-order valence-electron chi connectivity index (χ0n) is 12.2. The van der Waals surface area contributed by atoms with Crippen LogP contribution < -0.4 is 11.1 Å². The van der Waals surface area contributed by atoms with Gasteiger partial charge >= 0.3 is 0 Å². The molecule has 1 atom stereocenters. The summed E-state index contributed by atoms with van der Waals surface area (Å²) in [5.41, 5.74) is 4.92. The first-order chi connectivity index (χ1) is 8.49. The van der Waals surface area contributed by atoms with Crippen molar-refractivity contribution in [2.24, 2.45) is 5.73 Å². The highest BCUT2D eigenvalue weighted by Crippen LogP contribution is 2.22. The lowest BCUT2D eigenvalue weighted by molar-refractivity contribution is -0.124. The van der Waals surface area contributed by atoms with Gasteiger partial charge in [-0.2, -0.15) is 0 Å². The van der Waals surface area contributed by atoms with E-state index in [4.69, 9.17) is 5.73 Å². The van der Waals surface area contributed by atoms with Crippen molar-refractivity contribution in [3.05, 3.63) is 0 Å². The SMILES string of the molecule is CCNC(C)(CN(C)C1CCCCCC1)C(N)=O. The van der Waals surface area contributed by atoms with Gasteiger partial charge < -0.3 is 16.0 Å². The van der Waals surface area contributed by atoms with Crippen LogP contribution in [-0.2, 0) is 4.79 Å². The summed E-state index contributed by atoms with van der Waals surface area (Å²) in [5, 5.41) is 3.23. The zero-order valence-corrected chi connectivity index (χ0v) is 12.2. The number of amides is 1. The number of carbonyl (C=O) groups is 1. The number of nitrogens with one attached hydrogen (secondary N) is 1. The molecular weight excluding hydrogens is 226 g/mol. The third kappa shape index (κ3) is 4.25. The normalized spacial score (nSPS) is 21.6. The molecule has 1 fully saturated rings. The van der Waals surface area contributed by atoms with Gasteiger partial charge in [0.05, 0.1) is 0 Å². The molecule has 0 aromatic rings. The molecule has 3 N–H and O–H groups in total. The van der Waals surface area contributed by atoms with E-state index in [9.17, 15) is 4.79 Å². The molecule has 1 unspecified atom stereocenters. The Bertz CT molecular complexity index is 262. The van der Waals surface area contributed by atoms with E-state index in [1.54, 1.807) is 0 Å². The minimum Gasteiger partial charge on any atom is -0.368 e. The first kappa shape index (κ1) is 15.4. The van der Waals surface area contributed by atoms with Gasteiger partial charge in [-0.05, 0) is 33.4 Å². The van der Waals surface area contributed by atoms with E-state index in [2.05, 4.69) is 17.3 Å². The number of hydrogen-bond acceptors (Lipinski definition) is 3. The summed E-state index contributed by atoms with van der Waals surface area (Å²) >= 11 is 0. The highest BCUT2D eigenvalue weighted by Gasteiger charge is 2.33. The highest BCUT2D eigenvalue weighted by atomic mass is 16.1. The second-order valence-corrected chi connectivity index (χ2v) is 5.79.